The van der Waals surface area contributed by atoms with Crippen LogP contribution in [0, 0.1) is 16.0 Å². The Balaban J connectivity index is 2.09. The summed E-state index contributed by atoms with van der Waals surface area (Å²) in [5.74, 6) is 0.282. The summed E-state index contributed by atoms with van der Waals surface area (Å²) >= 11 is 0. The van der Waals surface area contributed by atoms with E-state index in [9.17, 15) is 10.1 Å². The van der Waals surface area contributed by atoms with Crippen LogP contribution in [0.25, 0.3) is 16.5 Å². The van der Waals surface area contributed by atoms with Crippen molar-refractivity contribution in [3.63, 3.8) is 0 Å². The van der Waals surface area contributed by atoms with Crippen molar-refractivity contribution in [2.75, 3.05) is 0 Å². The summed E-state index contributed by atoms with van der Waals surface area (Å²) in [6.07, 6.45) is 5.95. The average Bonchev–Trinajstić information content (AvgIpc) is 2.84. The minimum Gasteiger partial charge on any atom is -0.361 e. The second kappa shape index (κ2) is 4.70. The number of aromatic nitrogens is 1. The zero-order chi connectivity index (χ0) is 15.2. The van der Waals surface area contributed by atoms with Gasteiger partial charge in [0, 0.05) is 40.3 Å². The third kappa shape index (κ3) is 2.34. The summed E-state index contributed by atoms with van der Waals surface area (Å²) in [6.45, 7) is 4.20. The van der Waals surface area contributed by atoms with Crippen LogP contribution in [0.4, 0.5) is 5.69 Å². The summed E-state index contributed by atoms with van der Waals surface area (Å²) < 4.78 is 0. The molecule has 0 bridgehead atoms. The Morgan fingerprint density at radius 1 is 1.48 bits per heavy atom. The summed E-state index contributed by atoms with van der Waals surface area (Å²) in [6, 6.07) is 4.93. The maximum Gasteiger partial charge on any atom is 0.270 e. The molecule has 1 aliphatic rings. The van der Waals surface area contributed by atoms with E-state index in [1.165, 1.54) is 11.6 Å². The van der Waals surface area contributed by atoms with Gasteiger partial charge in [0.05, 0.1) is 4.92 Å². The lowest BCUT2D eigenvalue weighted by Gasteiger charge is -2.34. The van der Waals surface area contributed by atoms with Crippen LogP contribution < -0.4 is 5.73 Å². The Kier molecular flexibility index (Phi) is 3.10. The molecule has 0 spiro atoms. The van der Waals surface area contributed by atoms with E-state index in [4.69, 9.17) is 5.73 Å². The van der Waals surface area contributed by atoms with Crippen LogP contribution in [0.1, 0.15) is 32.3 Å². The predicted octanol–water partition coefficient (Wildman–Crippen LogP) is 3.61. The third-order valence-corrected chi connectivity index (χ3v) is 4.65. The maximum atomic E-state index is 11.0. The molecule has 2 atom stereocenters. The second-order valence-corrected chi connectivity index (χ2v) is 6.18. The van der Waals surface area contributed by atoms with E-state index in [1.807, 2.05) is 6.20 Å². The molecule has 5 nitrogen and oxygen atoms in total. The fourth-order valence-electron chi connectivity index (χ4n) is 2.92. The molecule has 5 heteroatoms. The monoisotopic (exact) mass is 285 g/mol. The maximum absolute atomic E-state index is 11.0. The van der Waals surface area contributed by atoms with Crippen LogP contribution in [-0.4, -0.2) is 15.4 Å². The highest BCUT2D eigenvalue weighted by Gasteiger charge is 2.30. The molecule has 0 aliphatic heterocycles. The number of nitrogens with zero attached hydrogens (tertiary/aromatic N) is 1. The molecule has 2 unspecified atom stereocenters. The molecule has 0 radical (unpaired) electrons. The van der Waals surface area contributed by atoms with Crippen LogP contribution in [0.2, 0.25) is 0 Å². The molecule has 0 fully saturated rings. The van der Waals surface area contributed by atoms with E-state index < -0.39 is 0 Å². The number of hydrogen-bond acceptors (Lipinski definition) is 3. The first-order chi connectivity index (χ1) is 9.88. The average molecular weight is 285 g/mol. The highest BCUT2D eigenvalue weighted by atomic mass is 16.6. The normalized spacial score (nSPS) is 25.9. The Hall–Kier alpha value is -2.14. The number of nitrogens with two attached hydrogens (primary N) is 1. The van der Waals surface area contributed by atoms with E-state index in [0.29, 0.717) is 0 Å². The van der Waals surface area contributed by atoms with E-state index in [2.05, 4.69) is 24.9 Å². The van der Waals surface area contributed by atoms with Crippen molar-refractivity contribution in [2.45, 2.75) is 32.2 Å². The highest BCUT2D eigenvalue weighted by molar-refractivity contribution is 5.94. The number of non-ortho nitro benzene ring substituents is 1. The Morgan fingerprint density at radius 3 is 2.90 bits per heavy atom. The second-order valence-electron chi connectivity index (χ2n) is 6.18. The molecule has 1 aromatic carbocycles. The number of nitro groups is 1. The third-order valence-electron chi connectivity index (χ3n) is 4.65. The fraction of sp³-hybridized carbons (Fsp3) is 0.375. The molecule has 0 saturated heterocycles. The SMILES string of the molecule is CC1C=C(c2c[nH]c3ccc([N+](=O)[O-])cc23)CCC1(C)N. The summed E-state index contributed by atoms with van der Waals surface area (Å²) in [5.41, 5.74) is 9.41. The molecule has 3 N–H and O–H groups in total. The molecule has 1 aromatic heterocycles. The van der Waals surface area contributed by atoms with Gasteiger partial charge < -0.3 is 10.7 Å². The summed E-state index contributed by atoms with van der Waals surface area (Å²) in [5, 5.41) is 11.9. The minimum absolute atomic E-state index is 0.122. The Bertz CT molecular complexity index is 743. The molecule has 21 heavy (non-hydrogen) atoms. The smallest absolute Gasteiger partial charge is 0.270 e. The molecule has 110 valence electrons. The van der Waals surface area contributed by atoms with Crippen LogP contribution in [-0.2, 0) is 0 Å². The quantitative estimate of drug-likeness (QED) is 0.653. The van der Waals surface area contributed by atoms with Gasteiger partial charge in [0.15, 0.2) is 0 Å². The fourth-order valence-corrected chi connectivity index (χ4v) is 2.92. The van der Waals surface area contributed by atoms with Gasteiger partial charge in [0.2, 0.25) is 0 Å². The van der Waals surface area contributed by atoms with E-state index in [-0.39, 0.29) is 22.1 Å². The first kappa shape index (κ1) is 13.8. The first-order valence-corrected chi connectivity index (χ1v) is 7.14. The number of hydrogen-bond donors (Lipinski definition) is 2. The van der Waals surface area contributed by atoms with E-state index in [1.54, 1.807) is 12.1 Å². The van der Waals surface area contributed by atoms with E-state index in [0.717, 1.165) is 29.3 Å². The molecular formula is C16H19N3O2. The van der Waals surface area contributed by atoms with Gasteiger partial charge in [-0.2, -0.15) is 0 Å². The number of benzene rings is 1. The molecular weight excluding hydrogens is 266 g/mol. The molecule has 0 amide bonds. The van der Waals surface area contributed by atoms with Crippen molar-refractivity contribution >= 4 is 22.2 Å². The van der Waals surface area contributed by atoms with Gasteiger partial charge in [-0.05, 0) is 37.3 Å². The molecule has 3 rings (SSSR count). The standard InChI is InChI=1S/C16H19N3O2/c1-10-7-11(5-6-16(10,2)17)14-9-18-15-4-3-12(19(20)21)8-13(14)15/h3-4,7-10,18H,5-6,17H2,1-2H3. The zero-order valence-corrected chi connectivity index (χ0v) is 12.2. The van der Waals surface area contributed by atoms with Crippen molar-refractivity contribution in [1.82, 2.24) is 4.98 Å². The van der Waals surface area contributed by atoms with Gasteiger partial charge in [0.1, 0.15) is 0 Å². The van der Waals surface area contributed by atoms with Gasteiger partial charge in [-0.25, -0.2) is 0 Å². The van der Waals surface area contributed by atoms with Crippen molar-refractivity contribution in [1.29, 1.82) is 0 Å². The molecule has 1 heterocycles. The summed E-state index contributed by atoms with van der Waals surface area (Å²) in [7, 11) is 0. The van der Waals surface area contributed by atoms with Gasteiger partial charge in [0.25, 0.3) is 5.69 Å². The Labute approximate surface area is 123 Å². The van der Waals surface area contributed by atoms with Gasteiger partial charge >= 0.3 is 0 Å². The van der Waals surface area contributed by atoms with Crippen LogP contribution in [0.3, 0.4) is 0 Å². The van der Waals surface area contributed by atoms with Crippen LogP contribution in [0.5, 0.6) is 0 Å². The molecule has 2 aromatic rings. The number of allylic oxidation sites excluding steroid dienone is 1. The highest BCUT2D eigenvalue weighted by Crippen LogP contribution is 2.38. The van der Waals surface area contributed by atoms with Crippen LogP contribution >= 0.6 is 0 Å². The lowest BCUT2D eigenvalue weighted by molar-refractivity contribution is -0.384. The number of rotatable bonds is 2. The van der Waals surface area contributed by atoms with Crippen LogP contribution in [0.15, 0.2) is 30.5 Å². The van der Waals surface area contributed by atoms with Crippen molar-refractivity contribution in [3.8, 4) is 0 Å². The molecule has 0 saturated carbocycles. The van der Waals surface area contributed by atoms with E-state index >= 15 is 0 Å². The first-order valence-electron chi connectivity index (χ1n) is 7.14. The number of nitrogens with one attached hydrogen (secondary N) is 1. The lowest BCUT2D eigenvalue weighted by Crippen LogP contribution is -2.43. The topological polar surface area (TPSA) is 84.9 Å². The van der Waals surface area contributed by atoms with Gasteiger partial charge in [-0.1, -0.05) is 13.0 Å². The van der Waals surface area contributed by atoms with Gasteiger partial charge in [-0.15, -0.1) is 0 Å². The lowest BCUT2D eigenvalue weighted by atomic mass is 9.76. The number of fused-ring (bicyclic) bond motifs is 1. The van der Waals surface area contributed by atoms with Crippen molar-refractivity contribution < 1.29 is 4.92 Å². The number of H-pyrrole nitrogens is 1. The minimum atomic E-state index is -0.356. The predicted molar refractivity (Wildman–Crippen MR) is 83.9 cm³/mol. The van der Waals surface area contributed by atoms with Crippen molar-refractivity contribution in [3.05, 3.63) is 46.1 Å². The summed E-state index contributed by atoms with van der Waals surface area (Å²) in [4.78, 5) is 13.8. The zero-order valence-electron chi connectivity index (χ0n) is 12.2. The number of nitro benzene ring substituents is 1. The largest absolute Gasteiger partial charge is 0.361 e. The molecule has 1 aliphatic carbocycles. The Morgan fingerprint density at radius 2 is 2.24 bits per heavy atom. The van der Waals surface area contributed by atoms with Crippen molar-refractivity contribution in [2.24, 2.45) is 11.7 Å². The number of aromatic amines is 1. The van der Waals surface area contributed by atoms with Gasteiger partial charge in [-0.3, -0.25) is 10.1 Å².